The topological polar surface area (TPSA) is 69.0 Å². The van der Waals surface area contributed by atoms with Crippen molar-refractivity contribution < 1.29 is 4.79 Å². The summed E-state index contributed by atoms with van der Waals surface area (Å²) >= 11 is 0. The van der Waals surface area contributed by atoms with Gasteiger partial charge in [-0.15, -0.1) is 0 Å². The molecule has 0 aliphatic carbocycles. The number of hydrogen-bond donors (Lipinski definition) is 1. The van der Waals surface area contributed by atoms with E-state index in [1.54, 1.807) is 4.90 Å². The van der Waals surface area contributed by atoms with Crippen molar-refractivity contribution in [2.75, 3.05) is 23.8 Å². The van der Waals surface area contributed by atoms with Crippen molar-refractivity contribution in [3.63, 3.8) is 0 Å². The lowest BCUT2D eigenvalue weighted by Gasteiger charge is -2.22. The maximum absolute atomic E-state index is 12.5. The number of rotatable bonds is 4. The molecule has 0 spiro atoms. The molecule has 0 aliphatic rings. The van der Waals surface area contributed by atoms with Gasteiger partial charge in [0, 0.05) is 18.4 Å². The summed E-state index contributed by atoms with van der Waals surface area (Å²) in [5.74, 6) is -0.117. The number of nitrogens with zero attached hydrogens (tertiary/aromatic N) is 3. The van der Waals surface area contributed by atoms with Crippen molar-refractivity contribution in [2.24, 2.45) is 0 Å². The highest BCUT2D eigenvalue weighted by Gasteiger charge is 2.16. The van der Waals surface area contributed by atoms with Crippen LogP contribution >= 0.6 is 0 Å². The average molecular weight is 336 g/mol. The summed E-state index contributed by atoms with van der Waals surface area (Å²) in [7, 11) is 1.81. The molecule has 1 heterocycles. The molecule has 130 valence electrons. The number of benzene rings is 1. The summed E-state index contributed by atoms with van der Waals surface area (Å²) < 4.78 is 0. The van der Waals surface area contributed by atoms with Crippen molar-refractivity contribution >= 4 is 17.3 Å². The fourth-order valence-electron chi connectivity index (χ4n) is 3.10. The van der Waals surface area contributed by atoms with Gasteiger partial charge in [-0.2, -0.15) is 5.26 Å². The Balaban J connectivity index is 2.21. The molecule has 0 unspecified atom stereocenters. The summed E-state index contributed by atoms with van der Waals surface area (Å²) in [5.41, 5.74) is 6.84. The second kappa shape index (κ2) is 7.35. The quantitative estimate of drug-likeness (QED) is 0.927. The second-order valence-corrected chi connectivity index (χ2v) is 6.53. The van der Waals surface area contributed by atoms with Crippen LogP contribution in [0.3, 0.4) is 0 Å². The SMILES string of the molecule is Cc1cc(C)c(NC(=O)CN(C)c2cc(C)nc(C)c2C#N)c(C)c1. The number of pyridine rings is 1. The third-order valence-corrected chi connectivity index (χ3v) is 4.15. The van der Waals surface area contributed by atoms with Crippen LogP contribution in [0.15, 0.2) is 18.2 Å². The fourth-order valence-corrected chi connectivity index (χ4v) is 3.10. The molecule has 0 saturated heterocycles. The molecule has 0 atom stereocenters. The minimum absolute atomic E-state index is 0.117. The maximum Gasteiger partial charge on any atom is 0.243 e. The highest BCUT2D eigenvalue weighted by atomic mass is 16.2. The number of aryl methyl sites for hydroxylation is 5. The van der Waals surface area contributed by atoms with Crippen LogP contribution in [-0.4, -0.2) is 24.5 Å². The number of carbonyl (C=O) groups excluding carboxylic acids is 1. The number of anilines is 2. The number of nitriles is 1. The van der Waals surface area contributed by atoms with Crippen LogP contribution in [0.5, 0.6) is 0 Å². The molecule has 2 aromatic rings. The highest BCUT2D eigenvalue weighted by Crippen LogP contribution is 2.24. The molecule has 0 aliphatic heterocycles. The zero-order valence-electron chi connectivity index (χ0n) is 15.7. The van der Waals surface area contributed by atoms with Gasteiger partial charge in [-0.1, -0.05) is 17.7 Å². The first-order valence-corrected chi connectivity index (χ1v) is 8.20. The van der Waals surface area contributed by atoms with Crippen molar-refractivity contribution in [2.45, 2.75) is 34.6 Å². The fraction of sp³-hybridized carbons (Fsp3) is 0.350. The third kappa shape index (κ3) is 4.16. The smallest absolute Gasteiger partial charge is 0.243 e. The van der Waals surface area contributed by atoms with E-state index in [1.807, 2.05) is 47.7 Å². The van der Waals surface area contributed by atoms with Gasteiger partial charge >= 0.3 is 0 Å². The van der Waals surface area contributed by atoms with Crippen LogP contribution in [0, 0.1) is 45.9 Å². The summed E-state index contributed by atoms with van der Waals surface area (Å²) in [4.78, 5) is 18.6. The molecular weight excluding hydrogens is 312 g/mol. The summed E-state index contributed by atoms with van der Waals surface area (Å²) in [6.45, 7) is 9.86. The highest BCUT2D eigenvalue weighted by molar-refractivity contribution is 5.95. The average Bonchev–Trinajstić information content (AvgIpc) is 2.50. The Hall–Kier alpha value is -2.87. The van der Waals surface area contributed by atoms with Crippen LogP contribution in [-0.2, 0) is 4.79 Å². The molecule has 2 rings (SSSR count). The van der Waals surface area contributed by atoms with E-state index >= 15 is 0 Å². The van der Waals surface area contributed by atoms with Gasteiger partial charge in [0.25, 0.3) is 0 Å². The Kier molecular flexibility index (Phi) is 5.43. The van der Waals surface area contributed by atoms with Crippen molar-refractivity contribution in [3.05, 3.63) is 51.8 Å². The summed E-state index contributed by atoms with van der Waals surface area (Å²) in [6.07, 6.45) is 0. The van der Waals surface area contributed by atoms with Crippen LogP contribution in [0.25, 0.3) is 0 Å². The number of aromatic nitrogens is 1. The first-order valence-electron chi connectivity index (χ1n) is 8.20. The van der Waals surface area contributed by atoms with Gasteiger partial charge < -0.3 is 10.2 Å². The zero-order chi connectivity index (χ0) is 18.7. The van der Waals surface area contributed by atoms with Gasteiger partial charge in [0.15, 0.2) is 0 Å². The predicted molar refractivity (Wildman–Crippen MR) is 101 cm³/mol. The number of nitrogens with one attached hydrogen (secondary N) is 1. The molecule has 25 heavy (non-hydrogen) atoms. The molecule has 0 radical (unpaired) electrons. The molecule has 5 nitrogen and oxygen atoms in total. The first-order chi connectivity index (χ1) is 11.7. The number of hydrogen-bond acceptors (Lipinski definition) is 4. The molecule has 1 N–H and O–H groups in total. The van der Waals surface area contributed by atoms with E-state index in [4.69, 9.17) is 0 Å². The minimum Gasteiger partial charge on any atom is -0.364 e. The lowest BCUT2D eigenvalue weighted by Crippen LogP contribution is -2.31. The number of amides is 1. The molecule has 1 amide bonds. The molecule has 1 aromatic heterocycles. The summed E-state index contributed by atoms with van der Waals surface area (Å²) in [5, 5.41) is 12.4. The van der Waals surface area contributed by atoms with Gasteiger partial charge in [-0.05, 0) is 51.8 Å². The second-order valence-electron chi connectivity index (χ2n) is 6.53. The molecule has 0 bridgehead atoms. The van der Waals surface area contributed by atoms with Crippen molar-refractivity contribution in [3.8, 4) is 6.07 Å². The Bertz CT molecular complexity index is 842. The third-order valence-electron chi connectivity index (χ3n) is 4.15. The normalized spacial score (nSPS) is 10.3. The van der Waals surface area contributed by atoms with E-state index in [2.05, 4.69) is 28.5 Å². The van der Waals surface area contributed by atoms with E-state index in [-0.39, 0.29) is 12.5 Å². The van der Waals surface area contributed by atoms with E-state index in [9.17, 15) is 10.1 Å². The summed E-state index contributed by atoms with van der Waals surface area (Å²) in [6, 6.07) is 8.12. The lowest BCUT2D eigenvalue weighted by atomic mass is 10.1. The standard InChI is InChI=1S/C20H24N4O/c1-12-7-13(2)20(14(3)8-12)23-19(25)11-24(6)18-9-15(4)22-16(5)17(18)10-21/h7-9H,11H2,1-6H3,(H,23,25). The van der Waals surface area contributed by atoms with Crippen LogP contribution in [0.1, 0.15) is 33.6 Å². The van der Waals surface area contributed by atoms with Gasteiger partial charge in [-0.25, -0.2) is 0 Å². The van der Waals surface area contributed by atoms with Crippen LogP contribution in [0.4, 0.5) is 11.4 Å². The van der Waals surface area contributed by atoms with Gasteiger partial charge in [0.05, 0.1) is 23.5 Å². The lowest BCUT2D eigenvalue weighted by molar-refractivity contribution is -0.114. The molecular formula is C20H24N4O. The zero-order valence-corrected chi connectivity index (χ0v) is 15.7. The van der Waals surface area contributed by atoms with Crippen LogP contribution < -0.4 is 10.2 Å². The van der Waals surface area contributed by atoms with Crippen molar-refractivity contribution in [1.82, 2.24) is 4.98 Å². The maximum atomic E-state index is 12.5. The Labute approximate surface area is 149 Å². The Morgan fingerprint density at radius 3 is 2.32 bits per heavy atom. The Morgan fingerprint density at radius 2 is 1.76 bits per heavy atom. The van der Waals surface area contributed by atoms with E-state index in [0.717, 1.165) is 28.2 Å². The van der Waals surface area contributed by atoms with Gasteiger partial charge in [0.1, 0.15) is 6.07 Å². The largest absolute Gasteiger partial charge is 0.364 e. The van der Waals surface area contributed by atoms with E-state index < -0.39 is 0 Å². The first kappa shape index (κ1) is 18.5. The molecule has 0 fully saturated rings. The van der Waals surface area contributed by atoms with Crippen molar-refractivity contribution in [1.29, 1.82) is 5.26 Å². The molecule has 0 saturated carbocycles. The predicted octanol–water partition coefficient (Wildman–Crippen LogP) is 3.57. The number of carbonyl (C=O) groups is 1. The molecule has 1 aromatic carbocycles. The van der Waals surface area contributed by atoms with Gasteiger partial charge in [0.2, 0.25) is 5.91 Å². The van der Waals surface area contributed by atoms with Crippen LogP contribution in [0.2, 0.25) is 0 Å². The number of likely N-dealkylation sites (N-methyl/N-ethyl adjacent to an activating group) is 1. The monoisotopic (exact) mass is 336 g/mol. The van der Waals surface area contributed by atoms with E-state index in [1.165, 1.54) is 5.56 Å². The minimum atomic E-state index is -0.117. The van der Waals surface area contributed by atoms with Gasteiger partial charge in [-0.3, -0.25) is 9.78 Å². The molecule has 5 heteroatoms. The van der Waals surface area contributed by atoms with E-state index in [0.29, 0.717) is 11.3 Å². The Morgan fingerprint density at radius 1 is 1.16 bits per heavy atom.